The molecule has 0 aliphatic rings. The van der Waals surface area contributed by atoms with Crippen LogP contribution in [0.25, 0.3) is 11.1 Å². The molecule has 146 valence electrons. The summed E-state index contributed by atoms with van der Waals surface area (Å²) < 4.78 is 7.03. The van der Waals surface area contributed by atoms with Gasteiger partial charge in [-0.2, -0.15) is 0 Å². The van der Waals surface area contributed by atoms with E-state index in [0.29, 0.717) is 0 Å². The first-order valence-corrected chi connectivity index (χ1v) is 12.9. The maximum absolute atomic E-state index is 7.03. The van der Waals surface area contributed by atoms with Crippen molar-refractivity contribution < 1.29 is 4.43 Å². The van der Waals surface area contributed by atoms with Gasteiger partial charge in [-0.3, -0.25) is 4.98 Å². The second-order valence-corrected chi connectivity index (χ2v) is 12.2. The van der Waals surface area contributed by atoms with Crippen molar-refractivity contribution in [1.82, 2.24) is 4.98 Å². The molecule has 0 saturated carbocycles. The van der Waals surface area contributed by atoms with E-state index in [2.05, 4.69) is 87.3 Å². The van der Waals surface area contributed by atoms with Crippen LogP contribution in [0.2, 0.25) is 18.1 Å². The number of nitrogens with zero attached hydrogens (tertiary/aromatic N) is 1. The molecule has 0 radical (unpaired) electrons. The molecule has 0 aliphatic heterocycles. The van der Waals surface area contributed by atoms with Gasteiger partial charge in [0.2, 0.25) is 0 Å². The average molecular weight is 390 g/mol. The standard InChI is InChI=1S/C25H31NOSi/c1-5-28(6-2,7-3)27-25(24-16-12-11-13-20(24)4)23-17-22(18-26-19-23)21-14-9-8-10-15-21/h8-19,25H,5-7H2,1-4H3. The summed E-state index contributed by atoms with van der Waals surface area (Å²) in [6.45, 7) is 9.03. The van der Waals surface area contributed by atoms with Gasteiger partial charge in [0.15, 0.2) is 8.32 Å². The summed E-state index contributed by atoms with van der Waals surface area (Å²) in [5, 5.41) is 0. The van der Waals surface area contributed by atoms with E-state index in [9.17, 15) is 0 Å². The number of aryl methyl sites for hydroxylation is 1. The molecule has 1 atom stereocenters. The normalized spacial score (nSPS) is 12.7. The Bertz CT molecular complexity index is 882. The van der Waals surface area contributed by atoms with Crippen LogP contribution in [0.5, 0.6) is 0 Å². The first-order valence-electron chi connectivity index (χ1n) is 10.4. The summed E-state index contributed by atoms with van der Waals surface area (Å²) in [6, 6.07) is 24.7. The second kappa shape index (κ2) is 9.31. The van der Waals surface area contributed by atoms with Gasteiger partial charge in [0.05, 0.1) is 6.10 Å². The van der Waals surface area contributed by atoms with Gasteiger partial charge in [0, 0.05) is 23.5 Å². The molecule has 2 aromatic carbocycles. The smallest absolute Gasteiger partial charge is 0.193 e. The molecule has 1 heterocycles. The van der Waals surface area contributed by atoms with E-state index in [1.54, 1.807) is 0 Å². The molecule has 3 aromatic rings. The molecular weight excluding hydrogens is 358 g/mol. The number of rotatable bonds is 8. The Morgan fingerprint density at radius 3 is 2.11 bits per heavy atom. The number of hydrogen-bond acceptors (Lipinski definition) is 2. The van der Waals surface area contributed by atoms with Gasteiger partial charge in [-0.25, -0.2) is 0 Å². The number of pyridine rings is 1. The molecule has 0 fully saturated rings. The highest BCUT2D eigenvalue weighted by Gasteiger charge is 2.33. The fraction of sp³-hybridized carbons (Fsp3) is 0.320. The van der Waals surface area contributed by atoms with Gasteiger partial charge in [-0.05, 0) is 47.8 Å². The molecule has 0 amide bonds. The third kappa shape index (κ3) is 4.42. The summed E-state index contributed by atoms with van der Waals surface area (Å²) in [5.41, 5.74) is 5.98. The van der Waals surface area contributed by atoms with E-state index in [-0.39, 0.29) is 6.10 Å². The first-order chi connectivity index (χ1) is 13.6. The van der Waals surface area contributed by atoms with Gasteiger partial charge < -0.3 is 4.43 Å². The Balaban J connectivity index is 2.08. The van der Waals surface area contributed by atoms with Crippen molar-refractivity contribution in [3.8, 4) is 11.1 Å². The summed E-state index contributed by atoms with van der Waals surface area (Å²) in [4.78, 5) is 4.58. The van der Waals surface area contributed by atoms with Crippen molar-refractivity contribution in [3.05, 3.63) is 89.7 Å². The molecule has 2 nitrogen and oxygen atoms in total. The molecule has 0 aliphatic carbocycles. The van der Waals surface area contributed by atoms with E-state index in [4.69, 9.17) is 4.43 Å². The van der Waals surface area contributed by atoms with Crippen LogP contribution in [-0.2, 0) is 4.43 Å². The van der Waals surface area contributed by atoms with Crippen molar-refractivity contribution in [2.45, 2.75) is 51.9 Å². The van der Waals surface area contributed by atoms with Crippen molar-refractivity contribution in [2.75, 3.05) is 0 Å². The molecule has 0 saturated heterocycles. The third-order valence-electron chi connectivity index (χ3n) is 5.94. The van der Waals surface area contributed by atoms with Crippen LogP contribution in [-0.4, -0.2) is 13.3 Å². The quantitative estimate of drug-likeness (QED) is 0.381. The topological polar surface area (TPSA) is 22.1 Å². The van der Waals surface area contributed by atoms with Crippen molar-refractivity contribution in [1.29, 1.82) is 0 Å². The first kappa shape index (κ1) is 20.5. The molecule has 0 spiro atoms. The van der Waals surface area contributed by atoms with E-state index < -0.39 is 8.32 Å². The lowest BCUT2D eigenvalue weighted by atomic mass is 9.97. The number of benzene rings is 2. The van der Waals surface area contributed by atoms with Gasteiger partial charge in [-0.1, -0.05) is 75.4 Å². The zero-order chi connectivity index (χ0) is 20.0. The lowest BCUT2D eigenvalue weighted by Crippen LogP contribution is -2.37. The van der Waals surface area contributed by atoms with Crippen LogP contribution < -0.4 is 0 Å². The minimum absolute atomic E-state index is 0.0659. The Morgan fingerprint density at radius 2 is 1.46 bits per heavy atom. The average Bonchev–Trinajstić information content (AvgIpc) is 2.77. The highest BCUT2D eigenvalue weighted by molar-refractivity contribution is 6.73. The van der Waals surface area contributed by atoms with Crippen molar-refractivity contribution in [3.63, 3.8) is 0 Å². The minimum Gasteiger partial charge on any atom is -0.406 e. The summed E-state index contributed by atoms with van der Waals surface area (Å²) in [6.07, 6.45) is 3.85. The van der Waals surface area contributed by atoms with Gasteiger partial charge in [-0.15, -0.1) is 0 Å². The molecular formula is C25H31NOSi. The van der Waals surface area contributed by atoms with E-state index in [0.717, 1.165) is 29.3 Å². The lowest BCUT2D eigenvalue weighted by molar-refractivity contribution is 0.229. The van der Waals surface area contributed by atoms with Crippen LogP contribution in [0.3, 0.4) is 0 Å². The number of hydrogen-bond donors (Lipinski definition) is 0. The van der Waals surface area contributed by atoms with E-state index >= 15 is 0 Å². The van der Waals surface area contributed by atoms with Crippen molar-refractivity contribution >= 4 is 8.32 Å². The summed E-state index contributed by atoms with van der Waals surface area (Å²) in [7, 11) is -1.79. The summed E-state index contributed by atoms with van der Waals surface area (Å²) in [5.74, 6) is 0. The largest absolute Gasteiger partial charge is 0.406 e. The third-order valence-corrected chi connectivity index (χ3v) is 10.5. The van der Waals surface area contributed by atoms with Crippen LogP contribution in [0.4, 0.5) is 0 Å². The zero-order valence-corrected chi connectivity index (χ0v) is 18.5. The van der Waals surface area contributed by atoms with E-state index in [1.807, 2.05) is 18.5 Å². The fourth-order valence-corrected chi connectivity index (χ4v) is 6.59. The molecule has 1 unspecified atom stereocenters. The molecule has 1 aromatic heterocycles. The predicted octanol–water partition coefficient (Wildman–Crippen LogP) is 7.17. The second-order valence-electron chi connectivity index (χ2n) is 7.47. The van der Waals surface area contributed by atoms with Crippen LogP contribution >= 0.6 is 0 Å². The fourth-order valence-electron chi connectivity index (χ4n) is 3.83. The van der Waals surface area contributed by atoms with Crippen molar-refractivity contribution in [2.24, 2.45) is 0 Å². The van der Waals surface area contributed by atoms with Gasteiger partial charge in [0.25, 0.3) is 0 Å². The Kier molecular flexibility index (Phi) is 6.82. The Labute approximate surface area is 170 Å². The maximum Gasteiger partial charge on any atom is 0.193 e. The van der Waals surface area contributed by atoms with E-state index in [1.165, 1.54) is 16.7 Å². The summed E-state index contributed by atoms with van der Waals surface area (Å²) >= 11 is 0. The maximum atomic E-state index is 7.03. The molecule has 28 heavy (non-hydrogen) atoms. The lowest BCUT2D eigenvalue weighted by Gasteiger charge is -2.34. The molecule has 3 rings (SSSR count). The molecule has 0 N–H and O–H groups in total. The van der Waals surface area contributed by atoms with Crippen LogP contribution in [0.1, 0.15) is 43.6 Å². The highest BCUT2D eigenvalue weighted by atomic mass is 28.4. The Morgan fingerprint density at radius 1 is 0.821 bits per heavy atom. The molecule has 3 heteroatoms. The zero-order valence-electron chi connectivity index (χ0n) is 17.5. The van der Waals surface area contributed by atoms with Gasteiger partial charge >= 0.3 is 0 Å². The Hall–Kier alpha value is -2.23. The molecule has 0 bridgehead atoms. The highest BCUT2D eigenvalue weighted by Crippen LogP contribution is 2.36. The minimum atomic E-state index is -1.79. The predicted molar refractivity (Wildman–Crippen MR) is 121 cm³/mol. The van der Waals surface area contributed by atoms with Crippen LogP contribution in [0, 0.1) is 6.92 Å². The monoisotopic (exact) mass is 389 g/mol. The number of aromatic nitrogens is 1. The van der Waals surface area contributed by atoms with Gasteiger partial charge in [0.1, 0.15) is 0 Å². The SMILES string of the molecule is CC[Si](CC)(CC)OC(c1cncc(-c2ccccc2)c1)c1ccccc1C. The van der Waals surface area contributed by atoms with Crippen LogP contribution in [0.15, 0.2) is 73.1 Å².